The topological polar surface area (TPSA) is 29.1 Å². The number of carbonyl (C=O) groups is 1. The molecule has 16 heavy (non-hydrogen) atoms. The number of rotatable bonds is 5. The zero-order valence-electron chi connectivity index (χ0n) is 9.17. The van der Waals surface area contributed by atoms with Gasteiger partial charge in [0.1, 0.15) is 0 Å². The number of halogens is 2. The molecule has 0 saturated heterocycles. The highest BCUT2D eigenvalue weighted by Gasteiger charge is 2.06. The molecular weight excluding hydrogens is 289 g/mol. The van der Waals surface area contributed by atoms with Crippen LogP contribution in [-0.2, 0) is 0 Å². The molecule has 1 aromatic carbocycles. The van der Waals surface area contributed by atoms with Crippen molar-refractivity contribution < 1.29 is 4.79 Å². The monoisotopic (exact) mass is 303 g/mol. The maximum atomic E-state index is 11.7. The molecule has 0 bridgehead atoms. The van der Waals surface area contributed by atoms with E-state index in [1.165, 1.54) is 0 Å². The molecule has 4 heteroatoms. The lowest BCUT2D eigenvalue weighted by Gasteiger charge is -2.08. The van der Waals surface area contributed by atoms with Crippen molar-refractivity contribution in [3.8, 4) is 0 Å². The van der Waals surface area contributed by atoms with Gasteiger partial charge in [0, 0.05) is 22.0 Å². The highest BCUT2D eigenvalue weighted by Crippen LogP contribution is 2.10. The van der Waals surface area contributed by atoms with Crippen LogP contribution < -0.4 is 5.32 Å². The molecule has 1 N–H and O–H groups in total. The minimum absolute atomic E-state index is 0.0486. The first kappa shape index (κ1) is 13.5. The summed E-state index contributed by atoms with van der Waals surface area (Å²) in [6.07, 6.45) is 1.73. The van der Waals surface area contributed by atoms with E-state index in [0.717, 1.165) is 17.3 Å². The van der Waals surface area contributed by atoms with Crippen molar-refractivity contribution in [2.75, 3.05) is 6.54 Å². The van der Waals surface area contributed by atoms with E-state index in [1.54, 1.807) is 12.1 Å². The van der Waals surface area contributed by atoms with Crippen LogP contribution in [0.4, 0.5) is 0 Å². The summed E-state index contributed by atoms with van der Waals surface area (Å²) in [6.45, 7) is 2.66. The fourth-order valence-corrected chi connectivity index (χ4v) is 1.62. The predicted octanol–water partition coefficient (Wildman–Crippen LogP) is 3.59. The standard InChI is InChI=1S/C12H15BrClNO/c1-2-11(14)7-8-15-12(16)9-3-5-10(13)6-4-9/h3-6,11H,2,7-8H2,1H3,(H,15,16). The first-order valence-corrected chi connectivity index (χ1v) is 6.54. The molecule has 0 aliphatic rings. The van der Waals surface area contributed by atoms with Crippen molar-refractivity contribution >= 4 is 33.4 Å². The van der Waals surface area contributed by atoms with E-state index in [0.29, 0.717) is 12.1 Å². The molecule has 0 aromatic heterocycles. The van der Waals surface area contributed by atoms with Gasteiger partial charge in [-0.1, -0.05) is 22.9 Å². The summed E-state index contributed by atoms with van der Waals surface area (Å²) >= 11 is 9.28. The van der Waals surface area contributed by atoms with Gasteiger partial charge in [0.05, 0.1) is 0 Å². The Hall–Kier alpha value is -0.540. The first-order valence-electron chi connectivity index (χ1n) is 5.31. The maximum Gasteiger partial charge on any atom is 0.251 e. The summed E-state index contributed by atoms with van der Waals surface area (Å²) in [6, 6.07) is 7.28. The van der Waals surface area contributed by atoms with Crippen molar-refractivity contribution in [1.82, 2.24) is 5.32 Å². The van der Waals surface area contributed by atoms with Gasteiger partial charge in [0.15, 0.2) is 0 Å². The molecule has 2 nitrogen and oxygen atoms in total. The summed E-state index contributed by atoms with van der Waals surface area (Å²) in [7, 11) is 0. The fraction of sp³-hybridized carbons (Fsp3) is 0.417. The zero-order chi connectivity index (χ0) is 12.0. The van der Waals surface area contributed by atoms with Crippen LogP contribution >= 0.6 is 27.5 Å². The third kappa shape index (κ3) is 4.54. The molecule has 1 atom stereocenters. The third-order valence-corrected chi connectivity index (χ3v) is 3.35. The van der Waals surface area contributed by atoms with Crippen LogP contribution in [0.5, 0.6) is 0 Å². The van der Waals surface area contributed by atoms with Gasteiger partial charge in [0.2, 0.25) is 0 Å². The highest BCUT2D eigenvalue weighted by molar-refractivity contribution is 9.10. The molecular formula is C12H15BrClNO. The SMILES string of the molecule is CCC(Cl)CCNC(=O)c1ccc(Br)cc1. The second-order valence-corrected chi connectivity index (χ2v) is 5.09. The van der Waals surface area contributed by atoms with E-state index < -0.39 is 0 Å². The fourth-order valence-electron chi connectivity index (χ4n) is 1.25. The summed E-state index contributed by atoms with van der Waals surface area (Å²) in [5.41, 5.74) is 0.672. The van der Waals surface area contributed by atoms with Crippen LogP contribution in [0.25, 0.3) is 0 Å². The molecule has 1 rings (SSSR count). The Balaban J connectivity index is 2.38. The maximum absolute atomic E-state index is 11.7. The number of carbonyl (C=O) groups excluding carboxylic acids is 1. The molecule has 1 unspecified atom stereocenters. The molecule has 0 radical (unpaired) electrons. The van der Waals surface area contributed by atoms with Gasteiger partial charge in [-0.2, -0.15) is 0 Å². The van der Waals surface area contributed by atoms with E-state index in [4.69, 9.17) is 11.6 Å². The summed E-state index contributed by atoms with van der Waals surface area (Å²) in [5, 5.41) is 2.99. The molecule has 1 amide bonds. The van der Waals surface area contributed by atoms with Gasteiger partial charge in [-0.3, -0.25) is 4.79 Å². The Bertz CT molecular complexity index is 339. The van der Waals surface area contributed by atoms with Crippen molar-refractivity contribution in [3.05, 3.63) is 34.3 Å². The average molecular weight is 305 g/mol. The predicted molar refractivity (Wildman–Crippen MR) is 71.0 cm³/mol. The lowest BCUT2D eigenvalue weighted by molar-refractivity contribution is 0.0953. The zero-order valence-corrected chi connectivity index (χ0v) is 11.5. The van der Waals surface area contributed by atoms with Gasteiger partial charge in [0.25, 0.3) is 5.91 Å². The second kappa shape index (κ2) is 6.92. The van der Waals surface area contributed by atoms with E-state index >= 15 is 0 Å². The van der Waals surface area contributed by atoms with Crippen LogP contribution in [-0.4, -0.2) is 17.8 Å². The van der Waals surface area contributed by atoms with Crippen molar-refractivity contribution in [3.63, 3.8) is 0 Å². The number of alkyl halides is 1. The average Bonchev–Trinajstić information content (AvgIpc) is 2.29. The van der Waals surface area contributed by atoms with Crippen LogP contribution in [0.15, 0.2) is 28.7 Å². The lowest BCUT2D eigenvalue weighted by atomic mass is 10.2. The number of hydrogen-bond donors (Lipinski definition) is 1. The second-order valence-electron chi connectivity index (χ2n) is 3.56. The molecule has 0 aliphatic heterocycles. The van der Waals surface area contributed by atoms with Gasteiger partial charge in [-0.25, -0.2) is 0 Å². The lowest BCUT2D eigenvalue weighted by Crippen LogP contribution is -2.25. The molecule has 88 valence electrons. The van der Waals surface area contributed by atoms with Crippen molar-refractivity contribution in [2.24, 2.45) is 0 Å². The Kier molecular flexibility index (Phi) is 5.85. The molecule has 0 heterocycles. The van der Waals surface area contributed by atoms with Crippen molar-refractivity contribution in [1.29, 1.82) is 0 Å². The number of nitrogens with one attached hydrogen (secondary N) is 1. The largest absolute Gasteiger partial charge is 0.352 e. The van der Waals surface area contributed by atoms with E-state index in [2.05, 4.69) is 21.2 Å². The van der Waals surface area contributed by atoms with Gasteiger partial charge in [-0.15, -0.1) is 11.6 Å². The molecule has 0 aliphatic carbocycles. The van der Waals surface area contributed by atoms with E-state index in [9.17, 15) is 4.79 Å². The number of amides is 1. The Morgan fingerprint density at radius 3 is 2.62 bits per heavy atom. The molecule has 0 saturated carbocycles. The Labute approximate surface area is 110 Å². The van der Waals surface area contributed by atoms with Crippen LogP contribution in [0.1, 0.15) is 30.1 Å². The number of hydrogen-bond acceptors (Lipinski definition) is 1. The molecule has 1 aromatic rings. The van der Waals surface area contributed by atoms with E-state index in [-0.39, 0.29) is 11.3 Å². The van der Waals surface area contributed by atoms with Gasteiger partial charge < -0.3 is 5.32 Å². The third-order valence-electron chi connectivity index (χ3n) is 2.29. The number of benzene rings is 1. The summed E-state index contributed by atoms with van der Waals surface area (Å²) in [4.78, 5) is 11.7. The summed E-state index contributed by atoms with van der Waals surface area (Å²) < 4.78 is 0.968. The van der Waals surface area contributed by atoms with Gasteiger partial charge in [-0.05, 0) is 37.1 Å². The minimum atomic E-state index is -0.0486. The normalized spacial score (nSPS) is 12.2. The first-order chi connectivity index (χ1) is 7.63. The van der Waals surface area contributed by atoms with Crippen LogP contribution in [0, 0.1) is 0 Å². The quantitative estimate of drug-likeness (QED) is 0.828. The highest BCUT2D eigenvalue weighted by atomic mass is 79.9. The smallest absolute Gasteiger partial charge is 0.251 e. The van der Waals surface area contributed by atoms with E-state index in [1.807, 2.05) is 19.1 Å². The summed E-state index contributed by atoms with van der Waals surface area (Å²) in [5.74, 6) is -0.0486. The molecule has 0 fully saturated rings. The van der Waals surface area contributed by atoms with Crippen molar-refractivity contribution in [2.45, 2.75) is 25.1 Å². The van der Waals surface area contributed by atoms with Crippen LogP contribution in [0.2, 0.25) is 0 Å². The van der Waals surface area contributed by atoms with Gasteiger partial charge >= 0.3 is 0 Å². The Morgan fingerprint density at radius 2 is 2.06 bits per heavy atom. The minimum Gasteiger partial charge on any atom is -0.352 e. The van der Waals surface area contributed by atoms with Crippen LogP contribution in [0.3, 0.4) is 0 Å². The Morgan fingerprint density at radius 1 is 1.44 bits per heavy atom. The molecule has 0 spiro atoms.